The molecule has 2 N–H and O–H groups in total. The summed E-state index contributed by atoms with van der Waals surface area (Å²) in [4.78, 5) is 45.3. The molecular weight excluding hydrogens is 404 g/mol. The molecule has 2 aliphatic heterocycles. The highest BCUT2D eigenvalue weighted by atomic mass is 16.2. The zero-order valence-electron chi connectivity index (χ0n) is 18.1. The van der Waals surface area contributed by atoms with Gasteiger partial charge in [-0.3, -0.25) is 14.4 Å². The van der Waals surface area contributed by atoms with Crippen molar-refractivity contribution in [1.82, 2.24) is 14.8 Å². The standard InChI is InChI=1S/C25H26N4O3/c1-17(30)28-13-10-25(11-14-28,29-16-18-5-2-3-6-19(18)24(29)32)15-23(31)27-22-8-4-7-21-20(22)9-12-26-21/h2-9,12,26H,10-11,13-16H2,1H3,(H,27,31). The minimum absolute atomic E-state index is 0.0261. The second kappa shape index (κ2) is 7.82. The van der Waals surface area contributed by atoms with Crippen LogP contribution in [-0.4, -0.2) is 51.1 Å². The van der Waals surface area contributed by atoms with E-state index in [0.717, 1.165) is 22.2 Å². The van der Waals surface area contributed by atoms with Crippen molar-refractivity contribution in [2.75, 3.05) is 18.4 Å². The highest BCUT2D eigenvalue weighted by Crippen LogP contribution is 2.39. The van der Waals surface area contributed by atoms with E-state index in [0.29, 0.717) is 38.0 Å². The minimum Gasteiger partial charge on any atom is -0.361 e. The molecule has 2 aromatic carbocycles. The Labute approximate surface area is 186 Å². The third-order valence-corrected chi connectivity index (χ3v) is 6.89. The van der Waals surface area contributed by atoms with Crippen LogP contribution >= 0.6 is 0 Å². The van der Waals surface area contributed by atoms with Crippen molar-refractivity contribution in [3.63, 3.8) is 0 Å². The van der Waals surface area contributed by atoms with Gasteiger partial charge < -0.3 is 20.1 Å². The summed E-state index contributed by atoms with van der Waals surface area (Å²) in [5, 5.41) is 4.01. The first-order chi connectivity index (χ1) is 15.5. The molecule has 7 nitrogen and oxygen atoms in total. The predicted molar refractivity (Wildman–Crippen MR) is 122 cm³/mol. The number of carbonyl (C=O) groups excluding carboxylic acids is 3. The normalized spacial score (nSPS) is 17.5. The van der Waals surface area contributed by atoms with Gasteiger partial charge in [-0.1, -0.05) is 24.3 Å². The Morgan fingerprint density at radius 3 is 2.59 bits per heavy atom. The lowest BCUT2D eigenvalue weighted by molar-refractivity contribution is -0.131. The second-order valence-corrected chi connectivity index (χ2v) is 8.75. The number of fused-ring (bicyclic) bond motifs is 2. The van der Waals surface area contributed by atoms with E-state index < -0.39 is 5.54 Å². The van der Waals surface area contributed by atoms with E-state index in [1.165, 1.54) is 0 Å². The minimum atomic E-state index is -0.627. The van der Waals surface area contributed by atoms with E-state index in [4.69, 9.17) is 0 Å². The number of hydrogen-bond donors (Lipinski definition) is 2. The Kier molecular flexibility index (Phi) is 4.96. The number of benzene rings is 2. The van der Waals surface area contributed by atoms with Gasteiger partial charge in [0.05, 0.1) is 17.6 Å². The van der Waals surface area contributed by atoms with Crippen LogP contribution in [0.25, 0.3) is 10.9 Å². The summed E-state index contributed by atoms with van der Waals surface area (Å²) in [6.45, 7) is 3.14. The van der Waals surface area contributed by atoms with Gasteiger partial charge in [-0.05, 0) is 42.7 Å². The first-order valence-electron chi connectivity index (χ1n) is 11.0. The summed E-state index contributed by atoms with van der Waals surface area (Å²) in [5.41, 5.74) is 2.78. The third-order valence-electron chi connectivity index (χ3n) is 6.89. The van der Waals surface area contributed by atoms with Gasteiger partial charge in [-0.15, -0.1) is 0 Å². The van der Waals surface area contributed by atoms with Gasteiger partial charge in [-0.2, -0.15) is 0 Å². The number of anilines is 1. The molecule has 2 aliphatic rings. The van der Waals surface area contributed by atoms with Crippen molar-refractivity contribution in [3.8, 4) is 0 Å². The molecule has 164 valence electrons. The van der Waals surface area contributed by atoms with E-state index in [1.54, 1.807) is 11.8 Å². The largest absolute Gasteiger partial charge is 0.361 e. The number of carbonyl (C=O) groups is 3. The van der Waals surface area contributed by atoms with Crippen LogP contribution in [0.2, 0.25) is 0 Å². The molecular formula is C25H26N4O3. The van der Waals surface area contributed by atoms with Crippen LogP contribution in [0.4, 0.5) is 5.69 Å². The Morgan fingerprint density at radius 2 is 1.84 bits per heavy atom. The van der Waals surface area contributed by atoms with E-state index in [9.17, 15) is 14.4 Å². The average Bonchev–Trinajstić information content (AvgIpc) is 3.40. The Morgan fingerprint density at radius 1 is 1.06 bits per heavy atom. The number of hydrogen-bond acceptors (Lipinski definition) is 3. The summed E-state index contributed by atoms with van der Waals surface area (Å²) in [7, 11) is 0. The summed E-state index contributed by atoms with van der Waals surface area (Å²) in [5.74, 6) is -0.130. The predicted octanol–water partition coefficient (Wildman–Crippen LogP) is 3.53. The zero-order chi connectivity index (χ0) is 22.3. The molecule has 0 radical (unpaired) electrons. The van der Waals surface area contributed by atoms with Crippen molar-refractivity contribution in [2.24, 2.45) is 0 Å². The number of likely N-dealkylation sites (tertiary alicyclic amines) is 1. The molecule has 0 unspecified atom stereocenters. The van der Waals surface area contributed by atoms with E-state index in [-0.39, 0.29) is 24.1 Å². The monoisotopic (exact) mass is 430 g/mol. The Bertz CT molecular complexity index is 1210. The third kappa shape index (κ3) is 3.43. The second-order valence-electron chi connectivity index (χ2n) is 8.75. The number of amides is 3. The summed E-state index contributed by atoms with van der Waals surface area (Å²) in [6.07, 6.45) is 3.20. The SMILES string of the molecule is CC(=O)N1CCC(CC(=O)Nc2cccc3[nH]ccc23)(N2Cc3ccccc3C2=O)CC1. The fraction of sp³-hybridized carbons (Fsp3) is 0.320. The molecule has 0 aliphatic carbocycles. The lowest BCUT2D eigenvalue weighted by Gasteiger charge is -2.47. The van der Waals surface area contributed by atoms with Crippen molar-refractivity contribution in [3.05, 3.63) is 65.9 Å². The Balaban J connectivity index is 1.42. The molecule has 0 saturated carbocycles. The molecule has 32 heavy (non-hydrogen) atoms. The van der Waals surface area contributed by atoms with Gasteiger partial charge in [0.15, 0.2) is 0 Å². The van der Waals surface area contributed by atoms with Crippen molar-refractivity contribution in [1.29, 1.82) is 0 Å². The number of H-pyrrole nitrogens is 1. The molecule has 3 heterocycles. The van der Waals surface area contributed by atoms with Gasteiger partial charge in [0.1, 0.15) is 0 Å². The fourth-order valence-corrected chi connectivity index (χ4v) is 5.11. The van der Waals surface area contributed by atoms with E-state index in [2.05, 4.69) is 10.3 Å². The molecule has 1 aromatic heterocycles. The van der Waals surface area contributed by atoms with Crippen LogP contribution in [0, 0.1) is 0 Å². The number of aromatic amines is 1. The number of piperidine rings is 1. The average molecular weight is 431 g/mol. The van der Waals surface area contributed by atoms with Crippen molar-refractivity contribution >= 4 is 34.3 Å². The summed E-state index contributed by atoms with van der Waals surface area (Å²) >= 11 is 0. The lowest BCUT2D eigenvalue weighted by Crippen LogP contribution is -2.57. The Hall–Kier alpha value is -3.61. The highest BCUT2D eigenvalue weighted by Gasteiger charge is 2.47. The molecule has 0 bridgehead atoms. The van der Waals surface area contributed by atoms with Crippen LogP contribution in [0.1, 0.15) is 42.1 Å². The maximum Gasteiger partial charge on any atom is 0.254 e. The molecule has 0 atom stereocenters. The summed E-state index contributed by atoms with van der Waals surface area (Å²) < 4.78 is 0. The van der Waals surface area contributed by atoms with Gasteiger partial charge >= 0.3 is 0 Å². The van der Waals surface area contributed by atoms with Gasteiger partial charge in [-0.25, -0.2) is 0 Å². The van der Waals surface area contributed by atoms with Crippen LogP contribution in [0.15, 0.2) is 54.7 Å². The van der Waals surface area contributed by atoms with Crippen LogP contribution in [0.3, 0.4) is 0 Å². The first-order valence-corrected chi connectivity index (χ1v) is 11.0. The van der Waals surface area contributed by atoms with Gasteiger partial charge in [0, 0.05) is 49.2 Å². The van der Waals surface area contributed by atoms with Crippen molar-refractivity contribution < 1.29 is 14.4 Å². The first kappa shape index (κ1) is 20.3. The number of rotatable bonds is 4. The molecule has 7 heteroatoms. The van der Waals surface area contributed by atoms with Crippen LogP contribution in [0.5, 0.6) is 0 Å². The van der Waals surface area contributed by atoms with Crippen molar-refractivity contribution in [2.45, 2.75) is 38.3 Å². The van der Waals surface area contributed by atoms with Crippen LogP contribution < -0.4 is 5.32 Å². The molecule has 3 aromatic rings. The topological polar surface area (TPSA) is 85.5 Å². The van der Waals surface area contributed by atoms with E-state index >= 15 is 0 Å². The number of nitrogens with one attached hydrogen (secondary N) is 2. The van der Waals surface area contributed by atoms with E-state index in [1.807, 2.05) is 59.6 Å². The highest BCUT2D eigenvalue weighted by molar-refractivity contribution is 6.02. The smallest absolute Gasteiger partial charge is 0.254 e. The molecule has 1 saturated heterocycles. The van der Waals surface area contributed by atoms with Gasteiger partial charge in [0.2, 0.25) is 11.8 Å². The number of nitrogens with zero attached hydrogens (tertiary/aromatic N) is 2. The maximum atomic E-state index is 13.3. The molecule has 3 amide bonds. The summed E-state index contributed by atoms with van der Waals surface area (Å²) in [6, 6.07) is 15.3. The molecule has 0 spiro atoms. The van der Waals surface area contributed by atoms with Crippen LogP contribution in [-0.2, 0) is 16.1 Å². The molecule has 1 fully saturated rings. The quantitative estimate of drug-likeness (QED) is 0.664. The zero-order valence-corrected chi connectivity index (χ0v) is 18.1. The number of aromatic nitrogens is 1. The molecule has 5 rings (SSSR count). The lowest BCUT2D eigenvalue weighted by atomic mass is 9.82. The maximum absolute atomic E-state index is 13.3. The van der Waals surface area contributed by atoms with Gasteiger partial charge in [0.25, 0.3) is 5.91 Å². The fourth-order valence-electron chi connectivity index (χ4n) is 5.11.